The van der Waals surface area contributed by atoms with Crippen LogP contribution in [0, 0.1) is 18.3 Å². The second-order valence-corrected chi connectivity index (χ2v) is 5.20. The zero-order valence-electron chi connectivity index (χ0n) is 7.15. The molecule has 14 heavy (non-hydrogen) atoms. The number of phenolic OH excluding ortho intramolecular Hbond substituents is 1. The van der Waals surface area contributed by atoms with Crippen LogP contribution in [0.15, 0.2) is 17.0 Å². The van der Waals surface area contributed by atoms with Gasteiger partial charge in [0, 0.05) is 16.7 Å². The summed E-state index contributed by atoms with van der Waals surface area (Å²) in [6.07, 6.45) is 0. The summed E-state index contributed by atoms with van der Waals surface area (Å²) in [6, 6.07) is 3.96. The molecular weight excluding hydrogens is 226 g/mol. The third-order valence-electron chi connectivity index (χ3n) is 1.73. The van der Waals surface area contributed by atoms with Crippen molar-refractivity contribution in [3.8, 4) is 11.8 Å². The fraction of sp³-hybridized carbons (Fsp3) is 0.125. The first-order valence-corrected chi connectivity index (χ1v) is 5.85. The molecule has 0 aliphatic rings. The molecule has 0 aromatic heterocycles. The molecular formula is C8H6ClNO3S. The molecule has 4 nitrogen and oxygen atoms in total. The maximum atomic E-state index is 11.0. The van der Waals surface area contributed by atoms with Crippen LogP contribution in [-0.4, -0.2) is 13.5 Å². The van der Waals surface area contributed by atoms with Gasteiger partial charge in [-0.1, -0.05) is 0 Å². The van der Waals surface area contributed by atoms with Crippen LogP contribution in [0.25, 0.3) is 0 Å². The van der Waals surface area contributed by atoms with Crippen LogP contribution in [0.4, 0.5) is 0 Å². The molecule has 0 fully saturated rings. The Hall–Kier alpha value is -1.25. The zero-order chi connectivity index (χ0) is 10.9. The second kappa shape index (κ2) is 3.48. The molecule has 0 aliphatic carbocycles. The molecule has 0 saturated heterocycles. The minimum atomic E-state index is -3.93. The molecule has 6 heteroatoms. The van der Waals surface area contributed by atoms with Crippen molar-refractivity contribution in [2.45, 2.75) is 11.8 Å². The van der Waals surface area contributed by atoms with Gasteiger partial charge in [-0.2, -0.15) is 5.26 Å². The number of nitrogens with zero attached hydrogens (tertiary/aromatic N) is 1. The topological polar surface area (TPSA) is 78.2 Å². The predicted molar refractivity (Wildman–Crippen MR) is 50.6 cm³/mol. The van der Waals surface area contributed by atoms with E-state index in [2.05, 4.69) is 0 Å². The Morgan fingerprint density at radius 2 is 2.07 bits per heavy atom. The molecule has 0 amide bonds. The maximum Gasteiger partial charge on any atom is 0.261 e. The highest BCUT2D eigenvalue weighted by atomic mass is 35.7. The van der Waals surface area contributed by atoms with E-state index in [-0.39, 0.29) is 21.8 Å². The van der Waals surface area contributed by atoms with Gasteiger partial charge in [-0.05, 0) is 18.6 Å². The van der Waals surface area contributed by atoms with Gasteiger partial charge in [0.25, 0.3) is 9.05 Å². The SMILES string of the molecule is Cc1c(C#N)cc(O)cc1S(=O)(=O)Cl. The minimum Gasteiger partial charge on any atom is -0.508 e. The van der Waals surface area contributed by atoms with E-state index in [9.17, 15) is 8.42 Å². The van der Waals surface area contributed by atoms with E-state index < -0.39 is 9.05 Å². The molecule has 0 saturated carbocycles. The van der Waals surface area contributed by atoms with Gasteiger partial charge in [0.1, 0.15) is 5.75 Å². The summed E-state index contributed by atoms with van der Waals surface area (Å²) >= 11 is 0. The van der Waals surface area contributed by atoms with Crippen molar-refractivity contribution in [1.82, 2.24) is 0 Å². The molecule has 0 heterocycles. The van der Waals surface area contributed by atoms with E-state index in [0.717, 1.165) is 6.07 Å². The zero-order valence-corrected chi connectivity index (χ0v) is 8.72. The number of phenols is 1. The fourth-order valence-corrected chi connectivity index (χ4v) is 2.26. The minimum absolute atomic E-state index is 0.0872. The van der Waals surface area contributed by atoms with Gasteiger partial charge in [-0.3, -0.25) is 0 Å². The summed E-state index contributed by atoms with van der Waals surface area (Å²) in [6.45, 7) is 1.45. The molecule has 0 aliphatic heterocycles. The van der Waals surface area contributed by atoms with Crippen LogP contribution in [0.1, 0.15) is 11.1 Å². The lowest BCUT2D eigenvalue weighted by Gasteiger charge is -2.04. The van der Waals surface area contributed by atoms with E-state index in [1.165, 1.54) is 13.0 Å². The van der Waals surface area contributed by atoms with Gasteiger partial charge in [0.15, 0.2) is 0 Å². The van der Waals surface area contributed by atoms with Crippen molar-refractivity contribution in [2.75, 3.05) is 0 Å². The van der Waals surface area contributed by atoms with Crippen LogP contribution in [0.2, 0.25) is 0 Å². The first kappa shape index (κ1) is 10.8. The van der Waals surface area contributed by atoms with Crippen molar-refractivity contribution < 1.29 is 13.5 Å². The highest BCUT2D eigenvalue weighted by molar-refractivity contribution is 8.13. The van der Waals surface area contributed by atoms with Gasteiger partial charge < -0.3 is 5.11 Å². The van der Waals surface area contributed by atoms with Gasteiger partial charge in [0.05, 0.1) is 16.5 Å². The van der Waals surface area contributed by atoms with E-state index in [1.807, 2.05) is 0 Å². The number of aromatic hydroxyl groups is 1. The molecule has 1 rings (SSSR count). The smallest absolute Gasteiger partial charge is 0.261 e. The van der Waals surface area contributed by atoms with Crippen molar-refractivity contribution in [2.24, 2.45) is 0 Å². The molecule has 0 radical (unpaired) electrons. The standard InChI is InChI=1S/C8H6ClNO3S/c1-5-6(4-10)2-7(11)3-8(5)14(9,12)13/h2-3,11H,1H3. The Morgan fingerprint density at radius 3 is 2.50 bits per heavy atom. The van der Waals surface area contributed by atoms with Crippen molar-refractivity contribution in [3.05, 3.63) is 23.3 Å². The Balaban J connectivity index is 3.64. The number of hydrogen-bond acceptors (Lipinski definition) is 4. The number of rotatable bonds is 1. The molecule has 0 spiro atoms. The summed E-state index contributed by atoms with van der Waals surface area (Å²) in [7, 11) is 1.19. The molecule has 1 aromatic carbocycles. The Morgan fingerprint density at radius 1 is 1.50 bits per heavy atom. The lowest BCUT2D eigenvalue weighted by Crippen LogP contribution is -1.96. The monoisotopic (exact) mass is 231 g/mol. The van der Waals surface area contributed by atoms with Gasteiger partial charge in [-0.25, -0.2) is 8.42 Å². The van der Waals surface area contributed by atoms with Crippen LogP contribution in [-0.2, 0) is 9.05 Å². The summed E-state index contributed by atoms with van der Waals surface area (Å²) in [5.74, 6) is -0.300. The third kappa shape index (κ3) is 1.97. The Bertz CT molecular complexity index is 516. The fourth-order valence-electron chi connectivity index (χ4n) is 1.04. The van der Waals surface area contributed by atoms with E-state index >= 15 is 0 Å². The first-order chi connectivity index (χ1) is 6.36. The molecule has 0 atom stereocenters. The van der Waals surface area contributed by atoms with Crippen LogP contribution < -0.4 is 0 Å². The van der Waals surface area contributed by atoms with E-state index in [1.54, 1.807) is 6.07 Å². The van der Waals surface area contributed by atoms with Crippen LogP contribution >= 0.6 is 10.7 Å². The van der Waals surface area contributed by atoms with Crippen molar-refractivity contribution in [3.63, 3.8) is 0 Å². The molecule has 0 unspecified atom stereocenters. The predicted octanol–water partition coefficient (Wildman–Crippen LogP) is 1.50. The molecule has 74 valence electrons. The van der Waals surface area contributed by atoms with Crippen molar-refractivity contribution in [1.29, 1.82) is 5.26 Å². The largest absolute Gasteiger partial charge is 0.508 e. The number of nitriles is 1. The molecule has 1 aromatic rings. The van der Waals surface area contributed by atoms with Gasteiger partial charge in [0.2, 0.25) is 0 Å². The Labute approximate surface area is 85.8 Å². The molecule has 1 N–H and O–H groups in total. The number of halogens is 1. The summed E-state index contributed by atoms with van der Waals surface area (Å²) in [5.41, 5.74) is 0.324. The van der Waals surface area contributed by atoms with Crippen LogP contribution in [0.5, 0.6) is 5.75 Å². The van der Waals surface area contributed by atoms with E-state index in [4.69, 9.17) is 21.1 Å². The highest BCUT2D eigenvalue weighted by Crippen LogP contribution is 2.26. The third-order valence-corrected chi connectivity index (χ3v) is 3.18. The van der Waals surface area contributed by atoms with Gasteiger partial charge in [-0.15, -0.1) is 0 Å². The lowest BCUT2D eigenvalue weighted by atomic mass is 10.1. The number of benzene rings is 1. The number of hydrogen-bond donors (Lipinski definition) is 1. The highest BCUT2D eigenvalue weighted by Gasteiger charge is 2.17. The lowest BCUT2D eigenvalue weighted by molar-refractivity contribution is 0.472. The van der Waals surface area contributed by atoms with Gasteiger partial charge >= 0.3 is 0 Å². The van der Waals surface area contributed by atoms with Crippen molar-refractivity contribution >= 4 is 19.7 Å². The molecule has 0 bridgehead atoms. The Kier molecular flexibility index (Phi) is 2.69. The quantitative estimate of drug-likeness (QED) is 0.743. The summed E-state index contributed by atoms with van der Waals surface area (Å²) in [5, 5.41) is 17.8. The van der Waals surface area contributed by atoms with E-state index in [0.29, 0.717) is 0 Å². The summed E-state index contributed by atoms with van der Waals surface area (Å²) in [4.78, 5) is -0.240. The maximum absolute atomic E-state index is 11.0. The second-order valence-electron chi connectivity index (χ2n) is 2.67. The van der Waals surface area contributed by atoms with Crippen LogP contribution in [0.3, 0.4) is 0 Å². The first-order valence-electron chi connectivity index (χ1n) is 3.54. The average molecular weight is 232 g/mol. The normalized spacial score (nSPS) is 10.9. The average Bonchev–Trinajstić information content (AvgIpc) is 2.06. The summed E-state index contributed by atoms with van der Waals surface area (Å²) < 4.78 is 22.0.